The van der Waals surface area contributed by atoms with Crippen molar-refractivity contribution in [3.63, 3.8) is 0 Å². The van der Waals surface area contributed by atoms with Crippen LogP contribution >= 0.6 is 11.6 Å². The van der Waals surface area contributed by atoms with Gasteiger partial charge in [0.15, 0.2) is 0 Å². The molecule has 1 rings (SSSR count). The van der Waals surface area contributed by atoms with Crippen molar-refractivity contribution in [1.29, 1.82) is 0 Å². The van der Waals surface area contributed by atoms with Gasteiger partial charge >= 0.3 is 6.36 Å². The SMILES string of the molecule is O=CCc1ccc(Cl)c(OC(F)(F)F)c1. The van der Waals surface area contributed by atoms with Gasteiger partial charge in [0.2, 0.25) is 0 Å². The van der Waals surface area contributed by atoms with Crippen molar-refractivity contribution in [2.45, 2.75) is 12.8 Å². The van der Waals surface area contributed by atoms with Gasteiger partial charge in [-0.1, -0.05) is 17.7 Å². The molecule has 1 aromatic carbocycles. The van der Waals surface area contributed by atoms with Crippen molar-refractivity contribution in [2.75, 3.05) is 0 Å². The van der Waals surface area contributed by atoms with Crippen LogP contribution in [0.3, 0.4) is 0 Å². The van der Waals surface area contributed by atoms with Gasteiger partial charge in [-0.3, -0.25) is 0 Å². The Morgan fingerprint density at radius 1 is 1.40 bits per heavy atom. The van der Waals surface area contributed by atoms with Crippen molar-refractivity contribution in [3.8, 4) is 5.75 Å². The molecule has 0 N–H and O–H groups in total. The lowest BCUT2D eigenvalue weighted by Crippen LogP contribution is -2.17. The smallest absolute Gasteiger partial charge is 0.404 e. The fourth-order valence-electron chi connectivity index (χ4n) is 0.974. The number of benzene rings is 1. The van der Waals surface area contributed by atoms with Crippen LogP contribution in [0, 0.1) is 0 Å². The van der Waals surface area contributed by atoms with Crippen LogP contribution in [-0.4, -0.2) is 12.6 Å². The molecule has 0 heterocycles. The second-order valence-corrected chi connectivity index (χ2v) is 3.09. The van der Waals surface area contributed by atoms with Crippen LogP contribution in [0.4, 0.5) is 13.2 Å². The number of halogens is 4. The molecule has 0 amide bonds. The van der Waals surface area contributed by atoms with Gasteiger partial charge in [-0.2, -0.15) is 0 Å². The Morgan fingerprint density at radius 2 is 2.07 bits per heavy atom. The Bertz CT molecular complexity index is 363. The Hall–Kier alpha value is -1.23. The van der Waals surface area contributed by atoms with Gasteiger partial charge in [-0.05, 0) is 17.7 Å². The first-order valence-corrected chi connectivity index (χ1v) is 4.28. The first-order chi connectivity index (χ1) is 6.92. The minimum atomic E-state index is -4.79. The Kier molecular flexibility index (Phi) is 3.57. The third kappa shape index (κ3) is 3.79. The molecular formula is C9H6ClF3O2. The summed E-state index contributed by atoms with van der Waals surface area (Å²) in [5.41, 5.74) is 0.411. The number of aldehydes is 1. The van der Waals surface area contributed by atoms with E-state index in [1.807, 2.05) is 0 Å². The van der Waals surface area contributed by atoms with Gasteiger partial charge in [0, 0.05) is 6.42 Å². The Morgan fingerprint density at radius 3 is 2.60 bits per heavy atom. The van der Waals surface area contributed by atoms with Crippen molar-refractivity contribution in [3.05, 3.63) is 28.8 Å². The Balaban J connectivity index is 2.95. The second kappa shape index (κ2) is 4.53. The van der Waals surface area contributed by atoms with Gasteiger partial charge < -0.3 is 9.53 Å². The number of rotatable bonds is 3. The second-order valence-electron chi connectivity index (χ2n) is 2.68. The minimum absolute atomic E-state index is 0.0192. The predicted octanol–water partition coefficient (Wildman–Crippen LogP) is 2.98. The highest BCUT2D eigenvalue weighted by Crippen LogP contribution is 2.30. The molecule has 0 unspecified atom stereocenters. The first kappa shape index (κ1) is 11.8. The van der Waals surface area contributed by atoms with Crippen molar-refractivity contribution < 1.29 is 22.7 Å². The molecule has 2 nitrogen and oxygen atoms in total. The molecule has 0 bridgehead atoms. The number of carbonyl (C=O) groups is 1. The van der Waals surface area contributed by atoms with Crippen LogP contribution in [0.15, 0.2) is 18.2 Å². The quantitative estimate of drug-likeness (QED) is 0.757. The van der Waals surface area contributed by atoms with Crippen LogP contribution in [0.25, 0.3) is 0 Å². The van der Waals surface area contributed by atoms with Crippen LogP contribution in [0.2, 0.25) is 5.02 Å². The maximum atomic E-state index is 11.9. The molecule has 0 saturated heterocycles. The molecule has 0 aliphatic heterocycles. The van der Waals surface area contributed by atoms with Gasteiger partial charge in [0.1, 0.15) is 12.0 Å². The number of hydrogen-bond acceptors (Lipinski definition) is 2. The van der Waals surface area contributed by atoms with Crippen LogP contribution in [-0.2, 0) is 11.2 Å². The van der Waals surface area contributed by atoms with Crippen molar-refractivity contribution in [1.82, 2.24) is 0 Å². The van der Waals surface area contributed by atoms with E-state index in [1.165, 1.54) is 12.1 Å². The zero-order valence-corrected chi connectivity index (χ0v) is 8.10. The molecule has 0 fully saturated rings. The summed E-state index contributed by atoms with van der Waals surface area (Å²) >= 11 is 5.49. The van der Waals surface area contributed by atoms with Gasteiger partial charge in [-0.25, -0.2) is 0 Å². The zero-order chi connectivity index (χ0) is 11.5. The van der Waals surface area contributed by atoms with E-state index in [0.717, 1.165) is 6.07 Å². The average molecular weight is 239 g/mol. The highest BCUT2D eigenvalue weighted by molar-refractivity contribution is 6.32. The first-order valence-electron chi connectivity index (χ1n) is 3.90. The number of carbonyl (C=O) groups excluding carboxylic acids is 1. The van der Waals surface area contributed by atoms with E-state index in [9.17, 15) is 18.0 Å². The zero-order valence-electron chi connectivity index (χ0n) is 7.34. The maximum Gasteiger partial charge on any atom is 0.573 e. The summed E-state index contributed by atoms with van der Waals surface area (Å²) in [7, 11) is 0. The van der Waals surface area contributed by atoms with E-state index in [4.69, 9.17) is 11.6 Å². The molecule has 82 valence electrons. The fourth-order valence-corrected chi connectivity index (χ4v) is 1.13. The third-order valence-corrected chi connectivity index (χ3v) is 1.85. The summed E-state index contributed by atoms with van der Waals surface area (Å²) in [5.74, 6) is -0.497. The average Bonchev–Trinajstić information content (AvgIpc) is 2.09. The summed E-state index contributed by atoms with van der Waals surface area (Å²) in [4.78, 5) is 10.2. The van der Waals surface area contributed by atoms with Crippen LogP contribution in [0.1, 0.15) is 5.56 Å². The molecule has 15 heavy (non-hydrogen) atoms. The van der Waals surface area contributed by atoms with Crippen LogP contribution in [0.5, 0.6) is 5.75 Å². The molecular weight excluding hydrogens is 233 g/mol. The lowest BCUT2D eigenvalue weighted by Gasteiger charge is -2.10. The van der Waals surface area contributed by atoms with E-state index in [0.29, 0.717) is 11.8 Å². The Labute approximate surface area is 88.6 Å². The lowest BCUT2D eigenvalue weighted by molar-refractivity contribution is -0.274. The van der Waals surface area contributed by atoms with E-state index in [1.54, 1.807) is 0 Å². The van der Waals surface area contributed by atoms with E-state index in [2.05, 4.69) is 4.74 Å². The largest absolute Gasteiger partial charge is 0.573 e. The summed E-state index contributed by atoms with van der Waals surface area (Å²) in [5, 5.41) is -0.151. The minimum Gasteiger partial charge on any atom is -0.404 e. The van der Waals surface area contributed by atoms with E-state index in [-0.39, 0.29) is 11.4 Å². The molecule has 0 atom stereocenters. The van der Waals surface area contributed by atoms with E-state index < -0.39 is 12.1 Å². The van der Waals surface area contributed by atoms with Crippen molar-refractivity contribution >= 4 is 17.9 Å². The summed E-state index contributed by atoms with van der Waals surface area (Å²) in [6.45, 7) is 0. The van der Waals surface area contributed by atoms with Crippen molar-refractivity contribution in [2.24, 2.45) is 0 Å². The normalized spacial score (nSPS) is 11.2. The molecule has 0 aromatic heterocycles. The molecule has 0 aliphatic carbocycles. The molecule has 6 heteroatoms. The lowest BCUT2D eigenvalue weighted by atomic mass is 10.1. The van der Waals surface area contributed by atoms with E-state index >= 15 is 0 Å². The van der Waals surface area contributed by atoms with Gasteiger partial charge in [0.05, 0.1) is 5.02 Å². The number of alkyl halides is 3. The third-order valence-electron chi connectivity index (χ3n) is 1.54. The highest BCUT2D eigenvalue weighted by Gasteiger charge is 2.32. The topological polar surface area (TPSA) is 26.3 Å². The maximum absolute atomic E-state index is 11.9. The van der Waals surface area contributed by atoms with Crippen LogP contribution < -0.4 is 4.74 Å². The molecule has 1 aromatic rings. The molecule has 0 saturated carbocycles. The standard InChI is InChI=1S/C9H6ClF3O2/c10-7-2-1-6(3-4-14)5-8(7)15-9(11,12)13/h1-2,4-5H,3H2. The number of hydrogen-bond donors (Lipinski definition) is 0. The molecule has 0 spiro atoms. The fraction of sp³-hybridized carbons (Fsp3) is 0.222. The summed E-state index contributed by atoms with van der Waals surface area (Å²) in [6.07, 6.45) is -4.19. The summed E-state index contributed by atoms with van der Waals surface area (Å²) in [6, 6.07) is 3.80. The van der Waals surface area contributed by atoms with Gasteiger partial charge in [-0.15, -0.1) is 13.2 Å². The summed E-state index contributed by atoms with van der Waals surface area (Å²) < 4.78 is 39.3. The molecule has 0 radical (unpaired) electrons. The molecule has 0 aliphatic rings. The van der Waals surface area contributed by atoms with Gasteiger partial charge in [0.25, 0.3) is 0 Å². The monoisotopic (exact) mass is 238 g/mol. The highest BCUT2D eigenvalue weighted by atomic mass is 35.5. The predicted molar refractivity (Wildman–Crippen MR) is 47.9 cm³/mol. The number of ether oxygens (including phenoxy) is 1.